The Morgan fingerprint density at radius 1 is 0.339 bits per heavy atom. The monoisotopic (exact) mass is 857 g/mol. The number of rotatable bonds is 42. The summed E-state index contributed by atoms with van der Waals surface area (Å²) in [7, 11) is 0. The molecule has 0 rings (SSSR count). The molecule has 1 unspecified atom stereocenters. The molecule has 0 N–H and O–H groups in total. The van der Waals surface area contributed by atoms with E-state index in [4.69, 9.17) is 14.2 Å². The minimum atomic E-state index is -0.824. The molecule has 0 aromatic heterocycles. The van der Waals surface area contributed by atoms with E-state index < -0.39 is 6.10 Å². The van der Waals surface area contributed by atoms with E-state index in [1.807, 2.05) is 72.9 Å². The highest BCUT2D eigenvalue weighted by atomic mass is 16.6. The minimum Gasteiger partial charge on any atom is -0.462 e. The molecule has 0 aliphatic heterocycles. The zero-order chi connectivity index (χ0) is 45.1. The highest BCUT2D eigenvalue weighted by molar-refractivity contribution is 5.71. The predicted octanol–water partition coefficient (Wildman–Crippen LogP) is 16.1. The summed E-state index contributed by atoms with van der Waals surface area (Å²) in [6.07, 6.45) is 67.6. The van der Waals surface area contributed by atoms with E-state index in [0.29, 0.717) is 19.3 Å². The Labute approximate surface area is 380 Å². The number of hydrogen-bond acceptors (Lipinski definition) is 6. The third-order valence-electron chi connectivity index (χ3n) is 9.90. The lowest BCUT2D eigenvalue weighted by atomic mass is 10.1. The molecule has 1 atom stereocenters. The maximum Gasteiger partial charge on any atom is 0.306 e. The standard InChI is InChI=1S/C56H88O6/c1-4-7-10-13-16-19-22-25-26-27-28-29-32-34-37-40-43-46-49-55(58)61-52-53(62-56(59)50-47-44-41-38-35-31-24-21-18-15-12-9-6-3)51-60-54(57)48-45-42-39-36-33-30-23-20-17-14-11-8-5-2/h8-9,11-12,14-15,17-18,20-21,23-24,26-31,33,35,53H,4-7,10,13,16,19,22,25,32,34,36-52H2,1-3H3/b11-8-,12-9-,17-14-,18-15-,23-20-,24-21-,27-26-,29-28-,33-30-,35-31-. The van der Waals surface area contributed by atoms with E-state index >= 15 is 0 Å². The van der Waals surface area contributed by atoms with Crippen LogP contribution in [0.15, 0.2) is 122 Å². The lowest BCUT2D eigenvalue weighted by Gasteiger charge is -2.18. The highest BCUT2D eigenvalue weighted by Gasteiger charge is 2.19. The smallest absolute Gasteiger partial charge is 0.306 e. The van der Waals surface area contributed by atoms with Gasteiger partial charge in [0.25, 0.3) is 0 Å². The fourth-order valence-corrected chi connectivity index (χ4v) is 6.22. The molecular formula is C56H88O6. The summed E-state index contributed by atoms with van der Waals surface area (Å²) in [6.45, 7) is 6.24. The number of hydrogen-bond donors (Lipinski definition) is 0. The number of allylic oxidation sites excluding steroid dienone is 20. The van der Waals surface area contributed by atoms with Crippen LogP contribution >= 0.6 is 0 Å². The first-order valence-corrected chi connectivity index (χ1v) is 24.7. The molecule has 348 valence electrons. The van der Waals surface area contributed by atoms with Crippen molar-refractivity contribution < 1.29 is 28.6 Å². The average Bonchev–Trinajstić information content (AvgIpc) is 3.27. The molecule has 0 aliphatic carbocycles. The van der Waals surface area contributed by atoms with Crippen molar-refractivity contribution in [3.05, 3.63) is 122 Å². The molecule has 0 saturated heterocycles. The van der Waals surface area contributed by atoms with Crippen molar-refractivity contribution in [1.82, 2.24) is 0 Å². The van der Waals surface area contributed by atoms with E-state index in [0.717, 1.165) is 96.3 Å². The molecule has 6 nitrogen and oxygen atoms in total. The van der Waals surface area contributed by atoms with Gasteiger partial charge in [-0.2, -0.15) is 0 Å². The lowest BCUT2D eigenvalue weighted by Crippen LogP contribution is -2.30. The van der Waals surface area contributed by atoms with Crippen molar-refractivity contribution in [2.24, 2.45) is 0 Å². The molecule has 0 spiro atoms. The molecule has 0 heterocycles. The summed E-state index contributed by atoms with van der Waals surface area (Å²) in [5, 5.41) is 0. The summed E-state index contributed by atoms with van der Waals surface area (Å²) in [5.41, 5.74) is 0. The zero-order valence-electron chi connectivity index (χ0n) is 39.6. The Morgan fingerprint density at radius 3 is 1.02 bits per heavy atom. The van der Waals surface area contributed by atoms with Crippen LogP contribution in [-0.4, -0.2) is 37.2 Å². The Morgan fingerprint density at radius 2 is 0.629 bits per heavy atom. The third kappa shape index (κ3) is 46.9. The van der Waals surface area contributed by atoms with Crippen molar-refractivity contribution in [1.29, 1.82) is 0 Å². The Hall–Kier alpha value is -4.19. The van der Waals surface area contributed by atoms with Gasteiger partial charge in [0.15, 0.2) is 6.10 Å². The molecular weight excluding hydrogens is 769 g/mol. The highest BCUT2D eigenvalue weighted by Crippen LogP contribution is 2.12. The molecule has 6 heteroatoms. The largest absolute Gasteiger partial charge is 0.462 e. The van der Waals surface area contributed by atoms with Crippen molar-refractivity contribution in [3.63, 3.8) is 0 Å². The van der Waals surface area contributed by atoms with Crippen LogP contribution in [0.2, 0.25) is 0 Å². The van der Waals surface area contributed by atoms with Gasteiger partial charge in [0, 0.05) is 19.3 Å². The summed E-state index contributed by atoms with van der Waals surface area (Å²) < 4.78 is 16.7. The molecule has 0 fully saturated rings. The molecule has 0 saturated carbocycles. The minimum absolute atomic E-state index is 0.119. The Kier molecular flexibility index (Phi) is 46.1. The van der Waals surface area contributed by atoms with E-state index in [-0.39, 0.29) is 37.5 Å². The molecule has 0 radical (unpaired) electrons. The molecule has 0 amide bonds. The van der Waals surface area contributed by atoms with E-state index in [9.17, 15) is 14.4 Å². The quantitative estimate of drug-likeness (QED) is 0.0263. The zero-order valence-corrected chi connectivity index (χ0v) is 39.6. The Balaban J connectivity index is 4.53. The first kappa shape index (κ1) is 57.8. The SMILES string of the molecule is CC\C=C/C=C\C=C/C=C\CCCCCC(=O)OCC(COC(=O)CCCCCCC/C=C\C=C/CCCCCCCCC)OC(=O)CCCCC\C=C/C=C\C=C/C=C\CC. The van der Waals surface area contributed by atoms with Gasteiger partial charge in [-0.1, -0.05) is 213 Å². The van der Waals surface area contributed by atoms with Gasteiger partial charge in [0.2, 0.25) is 0 Å². The summed E-state index contributed by atoms with van der Waals surface area (Å²) in [5.74, 6) is -1.02. The van der Waals surface area contributed by atoms with Crippen LogP contribution < -0.4 is 0 Å². The van der Waals surface area contributed by atoms with Crippen LogP contribution in [-0.2, 0) is 28.6 Å². The second-order valence-corrected chi connectivity index (χ2v) is 15.8. The first-order chi connectivity index (χ1) is 30.5. The van der Waals surface area contributed by atoms with Gasteiger partial charge < -0.3 is 14.2 Å². The van der Waals surface area contributed by atoms with Crippen LogP contribution in [0.4, 0.5) is 0 Å². The maximum atomic E-state index is 12.7. The van der Waals surface area contributed by atoms with Gasteiger partial charge in [-0.15, -0.1) is 0 Å². The number of ether oxygens (including phenoxy) is 3. The third-order valence-corrected chi connectivity index (χ3v) is 9.90. The van der Waals surface area contributed by atoms with Crippen LogP contribution in [0.5, 0.6) is 0 Å². The average molecular weight is 857 g/mol. The van der Waals surface area contributed by atoms with Crippen LogP contribution in [0, 0.1) is 0 Å². The molecule has 0 aromatic rings. The van der Waals surface area contributed by atoms with Gasteiger partial charge >= 0.3 is 17.9 Å². The van der Waals surface area contributed by atoms with Crippen molar-refractivity contribution >= 4 is 17.9 Å². The van der Waals surface area contributed by atoms with Gasteiger partial charge in [0.05, 0.1) is 0 Å². The number of unbranched alkanes of at least 4 members (excludes halogenated alkanes) is 18. The summed E-state index contributed by atoms with van der Waals surface area (Å²) >= 11 is 0. The van der Waals surface area contributed by atoms with Gasteiger partial charge in [-0.25, -0.2) is 0 Å². The number of carbonyl (C=O) groups excluding carboxylic acids is 3. The summed E-state index contributed by atoms with van der Waals surface area (Å²) in [6, 6.07) is 0. The first-order valence-electron chi connectivity index (χ1n) is 24.7. The topological polar surface area (TPSA) is 78.9 Å². The maximum absolute atomic E-state index is 12.7. The van der Waals surface area contributed by atoms with E-state index in [2.05, 4.69) is 69.4 Å². The van der Waals surface area contributed by atoms with Crippen LogP contribution in [0.3, 0.4) is 0 Å². The summed E-state index contributed by atoms with van der Waals surface area (Å²) in [4.78, 5) is 37.9. The molecule has 0 aromatic carbocycles. The predicted molar refractivity (Wildman–Crippen MR) is 265 cm³/mol. The molecule has 0 aliphatic rings. The van der Waals surface area contributed by atoms with Gasteiger partial charge in [-0.05, 0) is 83.5 Å². The van der Waals surface area contributed by atoms with E-state index in [1.165, 1.54) is 51.4 Å². The molecule has 0 bridgehead atoms. The van der Waals surface area contributed by atoms with Crippen molar-refractivity contribution in [2.75, 3.05) is 13.2 Å². The number of carbonyl (C=O) groups is 3. The Bertz CT molecular complexity index is 1350. The fourth-order valence-electron chi connectivity index (χ4n) is 6.22. The second kappa shape index (κ2) is 49.5. The van der Waals surface area contributed by atoms with Crippen LogP contribution in [0.25, 0.3) is 0 Å². The fraction of sp³-hybridized carbons (Fsp3) is 0.589. The normalized spacial score (nSPS) is 13.1. The van der Waals surface area contributed by atoms with Gasteiger partial charge in [-0.3, -0.25) is 14.4 Å². The second-order valence-electron chi connectivity index (χ2n) is 15.8. The van der Waals surface area contributed by atoms with Gasteiger partial charge in [0.1, 0.15) is 13.2 Å². The van der Waals surface area contributed by atoms with Crippen molar-refractivity contribution in [3.8, 4) is 0 Å². The van der Waals surface area contributed by atoms with E-state index in [1.54, 1.807) is 0 Å². The molecule has 62 heavy (non-hydrogen) atoms. The number of esters is 3. The van der Waals surface area contributed by atoms with Crippen LogP contribution in [0.1, 0.15) is 194 Å². The lowest BCUT2D eigenvalue weighted by molar-refractivity contribution is -0.167. The van der Waals surface area contributed by atoms with Crippen molar-refractivity contribution in [2.45, 2.75) is 200 Å².